The number of halogens is 1. The van der Waals surface area contributed by atoms with Crippen molar-refractivity contribution in [2.45, 2.75) is 45.2 Å². The fourth-order valence-corrected chi connectivity index (χ4v) is 5.18. The third-order valence-electron chi connectivity index (χ3n) is 6.18. The molecule has 2 heterocycles. The molecule has 2 aliphatic rings. The van der Waals surface area contributed by atoms with Gasteiger partial charge in [-0.25, -0.2) is 0 Å². The first kappa shape index (κ1) is 22.2. The quantitative estimate of drug-likeness (QED) is 0.572. The van der Waals surface area contributed by atoms with Crippen molar-refractivity contribution >= 4 is 34.8 Å². The molecule has 0 radical (unpaired) electrons. The Kier molecular flexibility index (Phi) is 6.31. The maximum atomic E-state index is 13.6. The van der Waals surface area contributed by atoms with E-state index in [9.17, 15) is 9.59 Å². The molecule has 0 spiro atoms. The molecule has 5 nitrogen and oxygen atoms in total. The van der Waals surface area contributed by atoms with E-state index in [0.29, 0.717) is 6.54 Å². The molecule has 1 aromatic carbocycles. The van der Waals surface area contributed by atoms with Gasteiger partial charge in [0.2, 0.25) is 11.8 Å². The minimum Gasteiger partial charge on any atom is -0.497 e. The van der Waals surface area contributed by atoms with Gasteiger partial charge in [-0.3, -0.25) is 9.59 Å². The van der Waals surface area contributed by atoms with Crippen molar-refractivity contribution in [3.05, 3.63) is 51.7 Å². The van der Waals surface area contributed by atoms with Crippen molar-refractivity contribution in [2.24, 2.45) is 5.41 Å². The van der Waals surface area contributed by atoms with Crippen molar-refractivity contribution in [2.75, 3.05) is 26.1 Å². The number of carbonyl (C=O) groups excluding carboxylic acids is 2. The lowest BCUT2D eigenvalue weighted by atomic mass is 9.92. The van der Waals surface area contributed by atoms with Crippen LogP contribution >= 0.6 is 22.9 Å². The highest BCUT2D eigenvalue weighted by molar-refractivity contribution is 7.10. The fraction of sp³-hybridized carbons (Fsp3) is 0.500. The summed E-state index contributed by atoms with van der Waals surface area (Å²) < 4.78 is 5.31. The number of carbonyl (C=O) groups is 2. The largest absolute Gasteiger partial charge is 0.497 e. The van der Waals surface area contributed by atoms with Crippen LogP contribution in [0.1, 0.15) is 48.7 Å². The first-order chi connectivity index (χ1) is 14.9. The monoisotopic (exact) mass is 460 g/mol. The summed E-state index contributed by atoms with van der Waals surface area (Å²) in [6.45, 7) is 4.45. The Morgan fingerprint density at radius 1 is 1.23 bits per heavy atom. The van der Waals surface area contributed by atoms with Gasteiger partial charge in [0.25, 0.3) is 0 Å². The summed E-state index contributed by atoms with van der Waals surface area (Å²) in [6.07, 6.45) is 2.75. The molecule has 1 aliphatic heterocycles. The highest BCUT2D eigenvalue weighted by atomic mass is 35.5. The number of benzene rings is 1. The molecule has 2 amide bonds. The fourth-order valence-electron chi connectivity index (χ4n) is 4.17. The van der Waals surface area contributed by atoms with Crippen molar-refractivity contribution in [3.8, 4) is 5.75 Å². The van der Waals surface area contributed by atoms with E-state index >= 15 is 0 Å². The van der Waals surface area contributed by atoms with Crippen molar-refractivity contribution in [1.82, 2.24) is 9.80 Å². The van der Waals surface area contributed by atoms with Gasteiger partial charge in [0.05, 0.1) is 18.6 Å². The maximum Gasteiger partial charge on any atom is 0.243 e. The summed E-state index contributed by atoms with van der Waals surface area (Å²) in [5.74, 6) is 0.979. The normalized spacial score (nSPS) is 18.5. The molecule has 0 bridgehead atoms. The van der Waals surface area contributed by atoms with Crippen molar-refractivity contribution in [1.29, 1.82) is 0 Å². The smallest absolute Gasteiger partial charge is 0.243 e. The van der Waals surface area contributed by atoms with E-state index in [1.54, 1.807) is 23.3 Å². The second kappa shape index (κ2) is 8.83. The predicted octanol–water partition coefficient (Wildman–Crippen LogP) is 4.49. The molecule has 0 N–H and O–H groups in total. The van der Waals surface area contributed by atoms with E-state index < -0.39 is 5.41 Å². The number of rotatable bonds is 7. The Morgan fingerprint density at radius 2 is 1.94 bits per heavy atom. The van der Waals surface area contributed by atoms with E-state index in [4.69, 9.17) is 16.3 Å². The van der Waals surface area contributed by atoms with E-state index in [-0.39, 0.29) is 36.3 Å². The van der Waals surface area contributed by atoms with Gasteiger partial charge < -0.3 is 14.5 Å². The predicted molar refractivity (Wildman–Crippen MR) is 124 cm³/mol. The number of alkyl halides is 1. The number of ether oxygens (including phenoxy) is 1. The van der Waals surface area contributed by atoms with Gasteiger partial charge in [0, 0.05) is 23.3 Å². The summed E-state index contributed by atoms with van der Waals surface area (Å²) >= 11 is 7.81. The lowest BCUT2D eigenvalue weighted by Crippen LogP contribution is -2.50. The minimum absolute atomic E-state index is 0.0108. The molecule has 1 saturated carbocycles. The van der Waals surface area contributed by atoms with Gasteiger partial charge in [0.15, 0.2) is 0 Å². The second-order valence-electron chi connectivity index (χ2n) is 8.99. The minimum atomic E-state index is -0.678. The maximum absolute atomic E-state index is 13.6. The molecule has 7 heteroatoms. The second-order valence-corrected chi connectivity index (χ2v) is 10.3. The summed E-state index contributed by atoms with van der Waals surface area (Å²) in [5.41, 5.74) is 1.56. The Morgan fingerprint density at radius 3 is 2.55 bits per heavy atom. The average Bonchev–Trinajstić information content (AvgIpc) is 3.52. The van der Waals surface area contributed by atoms with Gasteiger partial charge in [-0.05, 0) is 67.8 Å². The van der Waals surface area contributed by atoms with Crippen LogP contribution in [-0.4, -0.2) is 53.7 Å². The Balaban J connectivity index is 1.61. The van der Waals surface area contributed by atoms with Crippen LogP contribution in [0.25, 0.3) is 0 Å². The number of fused-ring (bicyclic) bond motifs is 1. The number of nitrogens with zero attached hydrogens (tertiary/aromatic N) is 2. The lowest BCUT2D eigenvalue weighted by molar-refractivity contribution is -0.146. The molecular formula is C24H29ClN2O3S. The molecule has 1 atom stereocenters. The summed E-state index contributed by atoms with van der Waals surface area (Å²) in [6, 6.07) is 10.0. The molecule has 166 valence electrons. The van der Waals surface area contributed by atoms with Crippen LogP contribution in [0.2, 0.25) is 0 Å². The zero-order chi connectivity index (χ0) is 22.2. The van der Waals surface area contributed by atoms with Crippen LogP contribution in [0, 0.1) is 5.41 Å². The number of hydrogen-bond donors (Lipinski definition) is 0. The number of thiophene rings is 1. The standard InChI is InChI=1S/C24H29ClN2O3S/c1-24(2,15-25)23(29)27(17-6-7-17)14-21(28)26-12-10-20-19(11-13-31-20)22(26)16-4-8-18(30-3)9-5-16/h4-5,8-9,11,13,17,22H,6-7,10,12,14-15H2,1-3H3. The first-order valence-electron chi connectivity index (χ1n) is 10.7. The van der Waals surface area contributed by atoms with Gasteiger partial charge in [-0.1, -0.05) is 12.1 Å². The zero-order valence-corrected chi connectivity index (χ0v) is 19.8. The molecular weight excluding hydrogens is 432 g/mol. The van der Waals surface area contributed by atoms with Gasteiger partial charge in [-0.2, -0.15) is 0 Å². The number of methoxy groups -OCH3 is 1. The molecule has 1 aromatic heterocycles. The third kappa shape index (κ3) is 4.46. The van der Waals surface area contributed by atoms with E-state index in [1.165, 1.54) is 10.4 Å². The Hall–Kier alpha value is -2.05. The Bertz CT molecular complexity index is 952. The number of amides is 2. The Labute approximate surface area is 192 Å². The highest BCUT2D eigenvalue weighted by Gasteiger charge is 2.42. The average molecular weight is 461 g/mol. The molecule has 1 fully saturated rings. The molecule has 1 aliphatic carbocycles. The van der Waals surface area contributed by atoms with Crippen molar-refractivity contribution < 1.29 is 14.3 Å². The van der Waals surface area contributed by atoms with Crippen LogP contribution in [0.4, 0.5) is 0 Å². The molecule has 31 heavy (non-hydrogen) atoms. The topological polar surface area (TPSA) is 49.9 Å². The molecule has 2 aromatic rings. The van der Waals surface area contributed by atoms with E-state index in [0.717, 1.165) is 30.6 Å². The molecule has 0 saturated heterocycles. The highest BCUT2D eigenvalue weighted by Crippen LogP contribution is 2.39. The molecule has 4 rings (SSSR count). The van der Waals surface area contributed by atoms with Crippen LogP contribution < -0.4 is 4.74 Å². The zero-order valence-electron chi connectivity index (χ0n) is 18.3. The van der Waals surface area contributed by atoms with Crippen LogP contribution in [-0.2, 0) is 16.0 Å². The van der Waals surface area contributed by atoms with Gasteiger partial charge in [-0.15, -0.1) is 22.9 Å². The SMILES string of the molecule is COc1ccc(C2c3ccsc3CCN2C(=O)CN(C(=O)C(C)(C)CCl)C2CC2)cc1. The van der Waals surface area contributed by atoms with Crippen LogP contribution in [0.3, 0.4) is 0 Å². The van der Waals surface area contributed by atoms with Gasteiger partial charge >= 0.3 is 0 Å². The van der Waals surface area contributed by atoms with E-state index in [1.807, 2.05) is 43.0 Å². The summed E-state index contributed by atoms with van der Waals surface area (Å²) in [5, 5.41) is 2.10. The van der Waals surface area contributed by atoms with Crippen LogP contribution in [0.15, 0.2) is 35.7 Å². The van der Waals surface area contributed by atoms with Gasteiger partial charge in [0.1, 0.15) is 12.3 Å². The van der Waals surface area contributed by atoms with E-state index in [2.05, 4.69) is 11.4 Å². The third-order valence-corrected chi connectivity index (χ3v) is 7.85. The summed E-state index contributed by atoms with van der Waals surface area (Å²) in [4.78, 5) is 31.7. The van der Waals surface area contributed by atoms with Crippen LogP contribution in [0.5, 0.6) is 5.75 Å². The number of hydrogen-bond acceptors (Lipinski definition) is 4. The summed E-state index contributed by atoms with van der Waals surface area (Å²) in [7, 11) is 1.65. The first-order valence-corrected chi connectivity index (χ1v) is 12.1. The lowest BCUT2D eigenvalue weighted by Gasteiger charge is -2.38. The molecule has 1 unspecified atom stereocenters. The van der Waals surface area contributed by atoms with Crippen molar-refractivity contribution in [3.63, 3.8) is 0 Å².